The lowest BCUT2D eigenvalue weighted by molar-refractivity contribution is 0.578. The fourth-order valence-corrected chi connectivity index (χ4v) is 2.49. The third kappa shape index (κ3) is 1.96. The summed E-state index contributed by atoms with van der Waals surface area (Å²) >= 11 is 0. The molecular formula is C8H15N3O2S. The summed E-state index contributed by atoms with van der Waals surface area (Å²) in [5, 5.41) is 9.21. The first kappa shape index (κ1) is 11.2. The van der Waals surface area contributed by atoms with Gasteiger partial charge in [-0.3, -0.25) is 4.68 Å². The Kier molecular flexibility index (Phi) is 2.96. The Morgan fingerprint density at radius 1 is 1.43 bits per heavy atom. The van der Waals surface area contributed by atoms with Crippen LogP contribution in [-0.2, 0) is 16.6 Å². The summed E-state index contributed by atoms with van der Waals surface area (Å²) in [4.78, 5) is 0.158. The molecule has 0 aliphatic carbocycles. The van der Waals surface area contributed by atoms with Crippen LogP contribution in [-0.4, -0.2) is 18.2 Å². The first-order valence-corrected chi connectivity index (χ1v) is 5.99. The van der Waals surface area contributed by atoms with Gasteiger partial charge in [-0.05, 0) is 20.3 Å². The van der Waals surface area contributed by atoms with Crippen molar-refractivity contribution in [1.82, 2.24) is 9.78 Å². The van der Waals surface area contributed by atoms with E-state index in [1.807, 2.05) is 6.92 Å². The highest BCUT2D eigenvalue weighted by atomic mass is 32.2. The van der Waals surface area contributed by atoms with Crippen molar-refractivity contribution in [2.75, 3.05) is 0 Å². The van der Waals surface area contributed by atoms with Crippen LogP contribution < -0.4 is 5.14 Å². The standard InChI is InChI=1S/C8H15N3O2S/c1-4-5-11-7(3)8(6(2)10-11)14(9,12)13/h4-5H2,1-3H3,(H2,9,12,13). The van der Waals surface area contributed by atoms with Crippen molar-refractivity contribution in [2.45, 2.75) is 38.6 Å². The molecule has 0 atom stereocenters. The molecule has 0 saturated carbocycles. The summed E-state index contributed by atoms with van der Waals surface area (Å²) in [6.45, 7) is 6.09. The maximum atomic E-state index is 11.2. The molecule has 2 N–H and O–H groups in total. The summed E-state index contributed by atoms with van der Waals surface area (Å²) in [6.07, 6.45) is 0.909. The van der Waals surface area contributed by atoms with Gasteiger partial charge >= 0.3 is 0 Å². The lowest BCUT2D eigenvalue weighted by Gasteiger charge is -2.01. The van der Waals surface area contributed by atoms with Crippen LogP contribution in [0.25, 0.3) is 0 Å². The van der Waals surface area contributed by atoms with Gasteiger partial charge in [0.2, 0.25) is 10.0 Å². The normalized spacial score (nSPS) is 12.0. The van der Waals surface area contributed by atoms with Gasteiger partial charge in [0.05, 0.1) is 11.4 Å². The molecule has 0 unspecified atom stereocenters. The molecule has 1 heterocycles. The van der Waals surface area contributed by atoms with E-state index in [1.54, 1.807) is 18.5 Å². The van der Waals surface area contributed by atoms with Crippen molar-refractivity contribution in [3.63, 3.8) is 0 Å². The van der Waals surface area contributed by atoms with Crippen molar-refractivity contribution < 1.29 is 8.42 Å². The van der Waals surface area contributed by atoms with Crippen LogP contribution in [0.15, 0.2) is 4.90 Å². The van der Waals surface area contributed by atoms with Crippen molar-refractivity contribution in [1.29, 1.82) is 0 Å². The van der Waals surface area contributed by atoms with Crippen LogP contribution in [0, 0.1) is 13.8 Å². The van der Waals surface area contributed by atoms with E-state index in [-0.39, 0.29) is 4.90 Å². The molecule has 0 saturated heterocycles. The first-order valence-electron chi connectivity index (χ1n) is 4.44. The summed E-state index contributed by atoms with van der Waals surface area (Å²) in [6, 6.07) is 0. The van der Waals surface area contributed by atoms with E-state index in [0.29, 0.717) is 17.9 Å². The van der Waals surface area contributed by atoms with Crippen molar-refractivity contribution in [3.05, 3.63) is 11.4 Å². The minimum absolute atomic E-state index is 0.158. The third-order valence-electron chi connectivity index (χ3n) is 2.04. The Morgan fingerprint density at radius 3 is 2.36 bits per heavy atom. The van der Waals surface area contributed by atoms with Gasteiger partial charge in [-0.15, -0.1) is 0 Å². The molecule has 0 bridgehead atoms. The number of primary sulfonamides is 1. The molecule has 0 amide bonds. The number of nitrogens with zero attached hydrogens (tertiary/aromatic N) is 2. The number of nitrogens with two attached hydrogens (primary N) is 1. The van der Waals surface area contributed by atoms with Crippen LogP contribution in [0.1, 0.15) is 24.7 Å². The van der Waals surface area contributed by atoms with Crippen molar-refractivity contribution in [2.24, 2.45) is 5.14 Å². The van der Waals surface area contributed by atoms with Gasteiger partial charge in [0.25, 0.3) is 0 Å². The zero-order valence-electron chi connectivity index (χ0n) is 8.61. The van der Waals surface area contributed by atoms with Gasteiger partial charge in [0.15, 0.2) is 0 Å². The molecule has 0 radical (unpaired) electrons. The molecule has 0 aliphatic rings. The van der Waals surface area contributed by atoms with Crippen LogP contribution in [0.5, 0.6) is 0 Å². The third-order valence-corrected chi connectivity index (χ3v) is 3.19. The fraction of sp³-hybridized carbons (Fsp3) is 0.625. The highest BCUT2D eigenvalue weighted by Gasteiger charge is 2.20. The maximum Gasteiger partial charge on any atom is 0.241 e. The van der Waals surface area contributed by atoms with Gasteiger partial charge in [-0.25, -0.2) is 13.6 Å². The Hall–Kier alpha value is -0.880. The van der Waals surface area contributed by atoms with E-state index >= 15 is 0 Å². The largest absolute Gasteiger partial charge is 0.268 e. The Labute approximate surface area is 84.0 Å². The Morgan fingerprint density at radius 2 is 2.00 bits per heavy atom. The van der Waals surface area contributed by atoms with Crippen LogP contribution in [0.4, 0.5) is 0 Å². The highest BCUT2D eigenvalue weighted by Crippen LogP contribution is 2.17. The van der Waals surface area contributed by atoms with E-state index in [2.05, 4.69) is 5.10 Å². The molecule has 0 fully saturated rings. The van der Waals surface area contributed by atoms with E-state index in [1.165, 1.54) is 0 Å². The lowest BCUT2D eigenvalue weighted by atomic mass is 10.4. The molecule has 6 heteroatoms. The highest BCUT2D eigenvalue weighted by molar-refractivity contribution is 7.89. The molecule has 14 heavy (non-hydrogen) atoms. The SMILES string of the molecule is CCCn1nc(C)c(S(N)(=O)=O)c1C. The fourth-order valence-electron chi connectivity index (χ4n) is 1.52. The molecule has 1 aromatic heterocycles. The maximum absolute atomic E-state index is 11.2. The van der Waals surface area contributed by atoms with Crippen molar-refractivity contribution >= 4 is 10.0 Å². The lowest BCUT2D eigenvalue weighted by Crippen LogP contribution is -2.14. The van der Waals surface area contributed by atoms with Crippen LogP contribution in [0.2, 0.25) is 0 Å². The predicted octanol–water partition coefficient (Wildman–Crippen LogP) is 0.557. The first-order chi connectivity index (χ1) is 6.38. The second-order valence-corrected chi connectivity index (χ2v) is 4.77. The molecule has 0 aliphatic heterocycles. The number of rotatable bonds is 3. The minimum Gasteiger partial charge on any atom is -0.268 e. The molecule has 1 rings (SSSR count). The summed E-state index contributed by atoms with van der Waals surface area (Å²) in [7, 11) is -3.64. The zero-order valence-corrected chi connectivity index (χ0v) is 9.43. The predicted molar refractivity (Wildman–Crippen MR) is 53.4 cm³/mol. The van der Waals surface area contributed by atoms with Gasteiger partial charge in [-0.2, -0.15) is 5.10 Å². The van der Waals surface area contributed by atoms with Crippen LogP contribution >= 0.6 is 0 Å². The Balaban J connectivity index is 3.32. The van der Waals surface area contributed by atoms with Gasteiger partial charge in [-0.1, -0.05) is 6.92 Å². The minimum atomic E-state index is -3.64. The molecule has 0 aromatic carbocycles. The van der Waals surface area contributed by atoms with E-state index < -0.39 is 10.0 Å². The number of aromatic nitrogens is 2. The van der Waals surface area contributed by atoms with Crippen molar-refractivity contribution in [3.8, 4) is 0 Å². The van der Waals surface area contributed by atoms with E-state index in [9.17, 15) is 8.42 Å². The zero-order chi connectivity index (χ0) is 10.9. The van der Waals surface area contributed by atoms with Crippen LogP contribution in [0.3, 0.4) is 0 Å². The quantitative estimate of drug-likeness (QED) is 0.803. The molecular weight excluding hydrogens is 202 g/mol. The number of sulfonamides is 1. The number of aryl methyl sites for hydroxylation is 2. The van der Waals surface area contributed by atoms with E-state index in [0.717, 1.165) is 6.42 Å². The molecule has 1 aromatic rings. The number of hydrogen-bond donors (Lipinski definition) is 1. The van der Waals surface area contributed by atoms with Gasteiger partial charge in [0.1, 0.15) is 4.90 Å². The average molecular weight is 217 g/mol. The molecule has 80 valence electrons. The molecule has 0 spiro atoms. The second-order valence-electron chi connectivity index (χ2n) is 3.27. The summed E-state index contributed by atoms with van der Waals surface area (Å²) in [5.74, 6) is 0. The van der Waals surface area contributed by atoms with Gasteiger partial charge in [0, 0.05) is 6.54 Å². The van der Waals surface area contributed by atoms with E-state index in [4.69, 9.17) is 5.14 Å². The number of hydrogen-bond acceptors (Lipinski definition) is 3. The monoisotopic (exact) mass is 217 g/mol. The smallest absolute Gasteiger partial charge is 0.241 e. The molecule has 5 nitrogen and oxygen atoms in total. The van der Waals surface area contributed by atoms with Gasteiger partial charge < -0.3 is 0 Å². The Bertz CT molecular complexity index is 434. The topological polar surface area (TPSA) is 78.0 Å². The summed E-state index contributed by atoms with van der Waals surface area (Å²) < 4.78 is 24.1. The average Bonchev–Trinajstić information content (AvgIpc) is 2.26. The second kappa shape index (κ2) is 3.70. The summed E-state index contributed by atoms with van der Waals surface area (Å²) in [5.41, 5.74) is 1.09.